The van der Waals surface area contributed by atoms with E-state index in [-0.39, 0.29) is 17.5 Å². The van der Waals surface area contributed by atoms with Crippen LogP contribution >= 0.6 is 12.2 Å². The fourth-order valence-corrected chi connectivity index (χ4v) is 6.19. The van der Waals surface area contributed by atoms with E-state index in [0.29, 0.717) is 23.8 Å². The molecule has 1 atom stereocenters. The third-order valence-electron chi connectivity index (χ3n) is 5.71. The van der Waals surface area contributed by atoms with Crippen LogP contribution in [0.5, 0.6) is 0 Å². The van der Waals surface area contributed by atoms with Gasteiger partial charge < -0.3 is 0 Å². The summed E-state index contributed by atoms with van der Waals surface area (Å²) < 4.78 is 28.6. The van der Waals surface area contributed by atoms with Gasteiger partial charge in [0.25, 0.3) is 0 Å². The normalized spacial score (nSPS) is 18.0. The Morgan fingerprint density at radius 1 is 1.16 bits per heavy atom. The molecule has 0 N–H and O–H groups in total. The molecule has 2 aromatic heterocycles. The highest BCUT2D eigenvalue weighted by Gasteiger charge is 2.33. The van der Waals surface area contributed by atoms with E-state index in [1.165, 1.54) is 5.56 Å². The molecule has 0 amide bonds. The lowest BCUT2D eigenvalue weighted by atomic mass is 10.1. The lowest BCUT2D eigenvalue weighted by Gasteiger charge is -2.29. The van der Waals surface area contributed by atoms with E-state index in [9.17, 15) is 8.42 Å². The van der Waals surface area contributed by atoms with Gasteiger partial charge in [0.05, 0.1) is 18.2 Å². The molecular formula is C23H29N5O2S2. The van der Waals surface area contributed by atoms with Gasteiger partial charge in [0.1, 0.15) is 0 Å². The molecule has 0 bridgehead atoms. The third kappa shape index (κ3) is 5.00. The van der Waals surface area contributed by atoms with Crippen LogP contribution in [0.2, 0.25) is 0 Å². The molecule has 3 aromatic rings. The van der Waals surface area contributed by atoms with Crippen LogP contribution in [0.4, 0.5) is 0 Å². The van der Waals surface area contributed by atoms with Gasteiger partial charge in [0.15, 0.2) is 15.7 Å². The van der Waals surface area contributed by atoms with Crippen molar-refractivity contribution in [2.45, 2.75) is 39.9 Å². The van der Waals surface area contributed by atoms with Crippen molar-refractivity contribution < 1.29 is 8.42 Å². The minimum atomic E-state index is -2.98. The van der Waals surface area contributed by atoms with Crippen molar-refractivity contribution in [3.05, 3.63) is 59.1 Å². The Morgan fingerprint density at radius 2 is 1.84 bits per heavy atom. The van der Waals surface area contributed by atoms with Crippen molar-refractivity contribution in [1.82, 2.24) is 24.2 Å². The summed E-state index contributed by atoms with van der Waals surface area (Å²) in [5.41, 5.74) is 3.03. The number of aromatic nitrogens is 4. The molecule has 7 nitrogen and oxygen atoms in total. The van der Waals surface area contributed by atoms with E-state index in [0.717, 1.165) is 23.6 Å². The van der Waals surface area contributed by atoms with E-state index in [2.05, 4.69) is 42.8 Å². The zero-order chi connectivity index (χ0) is 22.9. The van der Waals surface area contributed by atoms with Crippen LogP contribution in [0.3, 0.4) is 0 Å². The van der Waals surface area contributed by atoms with Crippen LogP contribution in [0, 0.1) is 17.6 Å². The minimum absolute atomic E-state index is 0.0156. The predicted octanol–water partition coefficient (Wildman–Crippen LogP) is 3.88. The molecule has 0 spiro atoms. The van der Waals surface area contributed by atoms with Gasteiger partial charge in [0, 0.05) is 36.2 Å². The number of aryl methyl sites for hydroxylation is 1. The zero-order valence-electron chi connectivity index (χ0n) is 18.7. The monoisotopic (exact) mass is 471 g/mol. The second-order valence-corrected chi connectivity index (χ2v) is 11.5. The van der Waals surface area contributed by atoms with Crippen molar-refractivity contribution in [3.63, 3.8) is 0 Å². The van der Waals surface area contributed by atoms with Gasteiger partial charge in [-0.25, -0.2) is 13.1 Å². The summed E-state index contributed by atoms with van der Waals surface area (Å²) in [6, 6.07) is 12.0. The average molecular weight is 472 g/mol. The number of hydrogen-bond acceptors (Lipinski definition) is 6. The average Bonchev–Trinajstić information content (AvgIpc) is 3.28. The SMILES string of the molecule is Cc1ccc(-n2c(-c3ccncc3)nn(CN(CC(C)C)C3CCS(=O)(=O)C3)c2=S)cc1. The van der Waals surface area contributed by atoms with Crippen LogP contribution in [-0.2, 0) is 16.5 Å². The van der Waals surface area contributed by atoms with E-state index in [4.69, 9.17) is 17.3 Å². The van der Waals surface area contributed by atoms with Crippen LogP contribution in [0.1, 0.15) is 25.8 Å². The zero-order valence-corrected chi connectivity index (χ0v) is 20.3. The molecule has 170 valence electrons. The highest BCUT2D eigenvalue weighted by atomic mass is 32.2. The Labute approximate surface area is 194 Å². The largest absolute Gasteiger partial charge is 0.280 e. The van der Waals surface area contributed by atoms with Crippen molar-refractivity contribution in [1.29, 1.82) is 0 Å². The third-order valence-corrected chi connectivity index (χ3v) is 7.85. The fourth-order valence-electron chi connectivity index (χ4n) is 4.14. The van der Waals surface area contributed by atoms with E-state index in [1.54, 1.807) is 12.4 Å². The summed E-state index contributed by atoms with van der Waals surface area (Å²) in [6.07, 6.45) is 4.13. The molecular weight excluding hydrogens is 442 g/mol. The molecule has 1 unspecified atom stereocenters. The first-order valence-electron chi connectivity index (χ1n) is 10.9. The van der Waals surface area contributed by atoms with Crippen LogP contribution in [0.25, 0.3) is 17.1 Å². The molecule has 0 saturated carbocycles. The summed E-state index contributed by atoms with van der Waals surface area (Å²) in [7, 11) is -2.98. The summed E-state index contributed by atoms with van der Waals surface area (Å²) >= 11 is 5.88. The Morgan fingerprint density at radius 3 is 2.44 bits per heavy atom. The van der Waals surface area contributed by atoms with Crippen molar-refractivity contribution in [2.75, 3.05) is 18.1 Å². The summed E-state index contributed by atoms with van der Waals surface area (Å²) in [6.45, 7) is 7.57. The Balaban J connectivity index is 1.76. The van der Waals surface area contributed by atoms with Crippen LogP contribution in [-0.4, -0.2) is 56.7 Å². The standard InChI is InChI=1S/C23H29N5O2S2/c1-17(2)14-26(21-10-13-32(29,30)15-21)16-27-23(31)28(20-6-4-18(3)5-7-20)22(25-27)19-8-11-24-12-9-19/h4-9,11-12,17,21H,10,13-16H2,1-3H3. The van der Waals surface area contributed by atoms with Gasteiger partial charge >= 0.3 is 0 Å². The molecule has 1 fully saturated rings. The number of nitrogens with zero attached hydrogens (tertiary/aromatic N) is 5. The Hall–Kier alpha value is -2.36. The summed E-state index contributed by atoms with van der Waals surface area (Å²) in [4.78, 5) is 6.34. The molecule has 1 saturated heterocycles. The molecule has 3 heterocycles. The van der Waals surface area contributed by atoms with Crippen molar-refractivity contribution in [3.8, 4) is 17.1 Å². The Bertz CT molecular complexity index is 1230. The topological polar surface area (TPSA) is 73.0 Å². The fraction of sp³-hybridized carbons (Fsp3) is 0.435. The number of hydrogen-bond donors (Lipinski definition) is 0. The van der Waals surface area contributed by atoms with E-state index < -0.39 is 9.84 Å². The maximum atomic E-state index is 12.1. The molecule has 9 heteroatoms. The predicted molar refractivity (Wildman–Crippen MR) is 129 cm³/mol. The Kier molecular flexibility index (Phi) is 6.60. The maximum absolute atomic E-state index is 12.1. The van der Waals surface area contributed by atoms with Gasteiger partial charge in [-0.3, -0.25) is 14.5 Å². The highest BCUT2D eigenvalue weighted by Crippen LogP contribution is 2.24. The van der Waals surface area contributed by atoms with Crippen molar-refractivity contribution >= 4 is 22.1 Å². The first-order chi connectivity index (χ1) is 15.2. The number of pyridine rings is 1. The lowest BCUT2D eigenvalue weighted by Crippen LogP contribution is -2.40. The second kappa shape index (κ2) is 9.25. The first-order valence-corrected chi connectivity index (χ1v) is 13.1. The van der Waals surface area contributed by atoms with Crippen molar-refractivity contribution in [2.24, 2.45) is 5.92 Å². The van der Waals surface area contributed by atoms with Gasteiger partial charge in [-0.05, 0) is 55.7 Å². The van der Waals surface area contributed by atoms with Gasteiger partial charge in [-0.2, -0.15) is 0 Å². The van der Waals surface area contributed by atoms with Gasteiger partial charge in [-0.15, -0.1) is 5.10 Å². The molecule has 0 radical (unpaired) electrons. The number of benzene rings is 1. The summed E-state index contributed by atoms with van der Waals surface area (Å²) in [5.74, 6) is 1.58. The molecule has 0 aliphatic carbocycles. The number of sulfone groups is 1. The van der Waals surface area contributed by atoms with E-state index >= 15 is 0 Å². The molecule has 1 aromatic carbocycles. The molecule has 4 rings (SSSR count). The van der Waals surface area contributed by atoms with Crippen LogP contribution in [0.15, 0.2) is 48.8 Å². The van der Waals surface area contributed by atoms with E-state index in [1.807, 2.05) is 33.5 Å². The quantitative estimate of drug-likeness (QED) is 0.487. The minimum Gasteiger partial charge on any atom is -0.280 e. The van der Waals surface area contributed by atoms with Crippen LogP contribution < -0.4 is 0 Å². The van der Waals surface area contributed by atoms with Gasteiger partial charge in [0.2, 0.25) is 4.77 Å². The first kappa shape index (κ1) is 22.8. The maximum Gasteiger partial charge on any atom is 0.204 e. The molecule has 32 heavy (non-hydrogen) atoms. The molecule has 1 aliphatic heterocycles. The second-order valence-electron chi connectivity index (χ2n) is 8.88. The smallest absolute Gasteiger partial charge is 0.204 e. The molecule has 1 aliphatic rings. The lowest BCUT2D eigenvalue weighted by molar-refractivity contribution is 0.137. The van der Waals surface area contributed by atoms with Gasteiger partial charge in [-0.1, -0.05) is 31.5 Å². The highest BCUT2D eigenvalue weighted by molar-refractivity contribution is 7.91. The summed E-state index contributed by atoms with van der Waals surface area (Å²) in [5, 5.41) is 4.89. The number of rotatable bonds is 7.